The molecule has 0 amide bonds. The van der Waals surface area contributed by atoms with Crippen molar-refractivity contribution in [1.82, 2.24) is 15.6 Å². The van der Waals surface area contributed by atoms with Gasteiger partial charge in [-0.05, 0) is 25.0 Å². The lowest BCUT2D eigenvalue weighted by molar-refractivity contribution is 0.397. The molecule has 22 heavy (non-hydrogen) atoms. The van der Waals surface area contributed by atoms with E-state index in [9.17, 15) is 8.42 Å². The van der Waals surface area contributed by atoms with Crippen LogP contribution < -0.4 is 15.4 Å². The summed E-state index contributed by atoms with van der Waals surface area (Å²) in [6, 6.07) is 3.73. The lowest BCUT2D eigenvalue weighted by Crippen LogP contribution is -2.42. The molecule has 1 heterocycles. The summed E-state index contributed by atoms with van der Waals surface area (Å²) >= 11 is 0. The monoisotopic (exact) mass is 328 g/mol. The molecule has 0 fully saturated rings. The molecule has 0 saturated heterocycles. The number of sulfone groups is 1. The standard InChI is InChI=1S/C14H24N4O3S/c1-11(6-8-22(4,19)20)18-14(15-2)17-10-12-5-7-16-13(9-12)21-3/h5,7,9,11H,6,8,10H2,1-4H3,(H2,15,17,18). The number of nitrogens with zero attached hydrogens (tertiary/aromatic N) is 2. The lowest BCUT2D eigenvalue weighted by atomic mass is 10.2. The summed E-state index contributed by atoms with van der Waals surface area (Å²) in [5.41, 5.74) is 1.01. The maximum Gasteiger partial charge on any atom is 0.213 e. The molecule has 0 aliphatic rings. The Morgan fingerprint density at radius 3 is 2.82 bits per heavy atom. The van der Waals surface area contributed by atoms with Gasteiger partial charge in [-0.15, -0.1) is 0 Å². The van der Waals surface area contributed by atoms with E-state index in [0.717, 1.165) is 5.56 Å². The van der Waals surface area contributed by atoms with Gasteiger partial charge in [0.15, 0.2) is 5.96 Å². The topological polar surface area (TPSA) is 92.7 Å². The number of rotatable bonds is 7. The van der Waals surface area contributed by atoms with Gasteiger partial charge in [-0.1, -0.05) is 0 Å². The molecule has 7 nitrogen and oxygen atoms in total. The van der Waals surface area contributed by atoms with Crippen LogP contribution in [0.15, 0.2) is 23.3 Å². The van der Waals surface area contributed by atoms with Crippen molar-refractivity contribution < 1.29 is 13.2 Å². The number of aliphatic imine (C=N–C) groups is 1. The van der Waals surface area contributed by atoms with Crippen molar-refractivity contribution in [2.75, 3.05) is 26.2 Å². The first-order valence-corrected chi connectivity index (χ1v) is 9.04. The van der Waals surface area contributed by atoms with Gasteiger partial charge in [0.05, 0.1) is 12.9 Å². The van der Waals surface area contributed by atoms with E-state index in [2.05, 4.69) is 20.6 Å². The number of hydrogen-bond donors (Lipinski definition) is 2. The Morgan fingerprint density at radius 2 is 2.23 bits per heavy atom. The third-order valence-corrected chi connectivity index (χ3v) is 3.97. The number of guanidine groups is 1. The molecule has 2 N–H and O–H groups in total. The highest BCUT2D eigenvalue weighted by Gasteiger charge is 2.09. The number of nitrogens with one attached hydrogen (secondary N) is 2. The largest absolute Gasteiger partial charge is 0.481 e. The van der Waals surface area contributed by atoms with Gasteiger partial charge >= 0.3 is 0 Å². The molecule has 0 saturated carbocycles. The maximum atomic E-state index is 11.2. The highest BCUT2D eigenvalue weighted by atomic mass is 32.2. The second-order valence-electron chi connectivity index (χ2n) is 5.10. The third kappa shape index (κ3) is 7.26. The number of methoxy groups -OCH3 is 1. The summed E-state index contributed by atoms with van der Waals surface area (Å²) < 4.78 is 27.4. The van der Waals surface area contributed by atoms with E-state index in [0.29, 0.717) is 24.8 Å². The zero-order chi connectivity index (χ0) is 16.6. The minimum atomic E-state index is -2.95. The van der Waals surface area contributed by atoms with Crippen LogP contribution in [0.3, 0.4) is 0 Å². The summed E-state index contributed by atoms with van der Waals surface area (Å²) in [6.07, 6.45) is 3.45. The maximum absolute atomic E-state index is 11.2. The van der Waals surface area contributed by atoms with Gasteiger partial charge in [-0.25, -0.2) is 13.4 Å². The smallest absolute Gasteiger partial charge is 0.213 e. The Labute approximate surface area is 132 Å². The van der Waals surface area contributed by atoms with Crippen molar-refractivity contribution in [3.05, 3.63) is 23.9 Å². The molecule has 0 aromatic carbocycles. The van der Waals surface area contributed by atoms with E-state index in [-0.39, 0.29) is 11.8 Å². The molecule has 1 atom stereocenters. The van der Waals surface area contributed by atoms with Crippen molar-refractivity contribution in [2.45, 2.75) is 25.9 Å². The van der Waals surface area contributed by atoms with Gasteiger partial charge in [-0.2, -0.15) is 0 Å². The van der Waals surface area contributed by atoms with E-state index in [1.165, 1.54) is 6.26 Å². The molecule has 0 aliphatic carbocycles. The summed E-state index contributed by atoms with van der Waals surface area (Å²) in [6.45, 7) is 2.49. The zero-order valence-electron chi connectivity index (χ0n) is 13.5. The Hall–Kier alpha value is -1.83. The highest BCUT2D eigenvalue weighted by Crippen LogP contribution is 2.07. The Balaban J connectivity index is 2.48. The predicted octanol–water partition coefficient (Wildman–Crippen LogP) is 0.578. The van der Waals surface area contributed by atoms with Gasteiger partial charge in [-0.3, -0.25) is 4.99 Å². The molecule has 8 heteroatoms. The van der Waals surface area contributed by atoms with Gasteiger partial charge in [0, 0.05) is 38.2 Å². The quantitative estimate of drug-likeness (QED) is 0.562. The fourth-order valence-corrected chi connectivity index (χ4v) is 2.53. The summed E-state index contributed by atoms with van der Waals surface area (Å²) in [5, 5.41) is 6.34. The molecular weight excluding hydrogens is 304 g/mol. The Kier molecular flexibility index (Phi) is 7.10. The first-order chi connectivity index (χ1) is 10.3. The first-order valence-electron chi connectivity index (χ1n) is 6.98. The molecule has 0 aliphatic heterocycles. The van der Waals surface area contributed by atoms with Crippen molar-refractivity contribution >= 4 is 15.8 Å². The number of hydrogen-bond acceptors (Lipinski definition) is 5. The fourth-order valence-electron chi connectivity index (χ4n) is 1.75. The van der Waals surface area contributed by atoms with Crippen LogP contribution in [0.25, 0.3) is 0 Å². The van der Waals surface area contributed by atoms with Gasteiger partial charge in [0.1, 0.15) is 9.84 Å². The van der Waals surface area contributed by atoms with E-state index in [1.54, 1.807) is 20.4 Å². The normalized spacial score (nSPS) is 13.5. The highest BCUT2D eigenvalue weighted by molar-refractivity contribution is 7.90. The fraction of sp³-hybridized carbons (Fsp3) is 0.571. The third-order valence-electron chi connectivity index (χ3n) is 3.00. The predicted molar refractivity (Wildman–Crippen MR) is 87.9 cm³/mol. The zero-order valence-corrected chi connectivity index (χ0v) is 14.3. The average Bonchev–Trinajstić information content (AvgIpc) is 2.48. The SMILES string of the molecule is CN=C(NCc1ccnc(OC)c1)NC(C)CCS(C)(=O)=O. The van der Waals surface area contributed by atoms with Crippen molar-refractivity contribution in [2.24, 2.45) is 4.99 Å². The number of aromatic nitrogens is 1. The van der Waals surface area contributed by atoms with Crippen LogP contribution in [0.1, 0.15) is 18.9 Å². The minimum absolute atomic E-state index is 0.00732. The minimum Gasteiger partial charge on any atom is -0.481 e. The van der Waals surface area contributed by atoms with Gasteiger partial charge < -0.3 is 15.4 Å². The molecule has 1 aromatic rings. The number of pyridine rings is 1. The van der Waals surface area contributed by atoms with Gasteiger partial charge in [0.2, 0.25) is 5.88 Å². The molecule has 0 spiro atoms. The molecule has 0 radical (unpaired) electrons. The Bertz CT molecular complexity index is 602. The van der Waals surface area contributed by atoms with Gasteiger partial charge in [0.25, 0.3) is 0 Å². The summed E-state index contributed by atoms with van der Waals surface area (Å²) in [5.74, 6) is 1.33. The summed E-state index contributed by atoms with van der Waals surface area (Å²) in [7, 11) is 0.299. The van der Waals surface area contributed by atoms with E-state index in [1.807, 2.05) is 19.1 Å². The molecular formula is C14H24N4O3S. The lowest BCUT2D eigenvalue weighted by Gasteiger charge is -2.17. The molecule has 1 rings (SSSR count). The van der Waals surface area contributed by atoms with E-state index < -0.39 is 9.84 Å². The van der Waals surface area contributed by atoms with Crippen molar-refractivity contribution in [3.63, 3.8) is 0 Å². The first kappa shape index (κ1) is 18.2. The van der Waals surface area contributed by atoms with Crippen LogP contribution in [-0.4, -0.2) is 51.6 Å². The van der Waals surface area contributed by atoms with Crippen LogP contribution in [0.2, 0.25) is 0 Å². The second kappa shape index (κ2) is 8.57. The van der Waals surface area contributed by atoms with Crippen molar-refractivity contribution in [1.29, 1.82) is 0 Å². The second-order valence-corrected chi connectivity index (χ2v) is 7.36. The summed E-state index contributed by atoms with van der Waals surface area (Å²) in [4.78, 5) is 8.18. The molecule has 124 valence electrons. The molecule has 1 aromatic heterocycles. The van der Waals surface area contributed by atoms with Crippen molar-refractivity contribution in [3.8, 4) is 5.88 Å². The Morgan fingerprint density at radius 1 is 1.50 bits per heavy atom. The van der Waals surface area contributed by atoms with Crippen LogP contribution in [0, 0.1) is 0 Å². The number of ether oxygens (including phenoxy) is 1. The molecule has 1 unspecified atom stereocenters. The van der Waals surface area contributed by atoms with E-state index >= 15 is 0 Å². The van der Waals surface area contributed by atoms with Crippen LogP contribution in [0.4, 0.5) is 0 Å². The van der Waals surface area contributed by atoms with Crippen LogP contribution in [-0.2, 0) is 16.4 Å². The van der Waals surface area contributed by atoms with Crippen LogP contribution >= 0.6 is 0 Å². The molecule has 0 bridgehead atoms. The van der Waals surface area contributed by atoms with Crippen LogP contribution in [0.5, 0.6) is 5.88 Å². The average molecular weight is 328 g/mol. The van der Waals surface area contributed by atoms with E-state index in [4.69, 9.17) is 4.74 Å².